The fourth-order valence-corrected chi connectivity index (χ4v) is 6.37. The van der Waals surface area contributed by atoms with E-state index in [4.69, 9.17) is 4.74 Å². The van der Waals surface area contributed by atoms with Crippen LogP contribution in [0, 0.1) is 11.8 Å². The van der Waals surface area contributed by atoms with Gasteiger partial charge < -0.3 is 40.2 Å². The average molecular weight is 650 g/mol. The Hall–Kier alpha value is -3.12. The molecule has 1 unspecified atom stereocenters. The second-order valence-electron chi connectivity index (χ2n) is 11.0. The van der Waals surface area contributed by atoms with Gasteiger partial charge in [-0.15, -0.1) is 0 Å². The third-order valence-electron chi connectivity index (χ3n) is 7.44. The van der Waals surface area contributed by atoms with Crippen LogP contribution in [0.5, 0.6) is 5.75 Å². The molecule has 1 aliphatic heterocycles. The largest absolute Gasteiger partial charge is 0.495 e. The Morgan fingerprint density at radius 2 is 1.82 bits per heavy atom. The van der Waals surface area contributed by atoms with E-state index in [0.29, 0.717) is 42.0 Å². The summed E-state index contributed by atoms with van der Waals surface area (Å²) in [4.78, 5) is 3.08. The number of benzene rings is 2. The molecule has 1 saturated heterocycles. The summed E-state index contributed by atoms with van der Waals surface area (Å²) in [5.74, 6) is 6.48. The van der Waals surface area contributed by atoms with E-state index in [1.165, 1.54) is 16.5 Å². The molecule has 0 bridgehead atoms. The fourth-order valence-electron chi connectivity index (χ4n) is 5.44. The number of rotatable bonds is 14. The van der Waals surface area contributed by atoms with Gasteiger partial charge in [-0.05, 0) is 74.0 Å². The minimum Gasteiger partial charge on any atom is -0.495 e. The first kappa shape index (κ1) is 34.7. The van der Waals surface area contributed by atoms with Crippen molar-refractivity contribution < 1.29 is 33.2 Å². The van der Waals surface area contributed by atoms with Crippen molar-refractivity contribution in [3.63, 3.8) is 0 Å². The van der Waals surface area contributed by atoms with E-state index in [2.05, 4.69) is 27.4 Å². The molecule has 0 amide bonds. The van der Waals surface area contributed by atoms with Crippen LogP contribution in [0.15, 0.2) is 47.4 Å². The molecule has 2 aromatic carbocycles. The molecule has 0 aliphatic carbocycles. The SMILES string of the molecule is COc1cc(SN(CCO)CCO)ccc1NCC#Cc1cc2c(NC3CCN(CC(C)O)CC3)cccc2n1CC(F)(F)F. The summed E-state index contributed by atoms with van der Waals surface area (Å²) in [5.41, 5.74) is 2.20. The molecule has 45 heavy (non-hydrogen) atoms. The van der Waals surface area contributed by atoms with Crippen molar-refractivity contribution in [1.82, 2.24) is 13.8 Å². The molecule has 1 aromatic heterocycles. The van der Waals surface area contributed by atoms with Crippen LogP contribution < -0.4 is 15.4 Å². The highest BCUT2D eigenvalue weighted by Gasteiger charge is 2.30. The lowest BCUT2D eigenvalue weighted by molar-refractivity contribution is -0.140. The average Bonchev–Trinajstić information content (AvgIpc) is 3.33. The lowest BCUT2D eigenvalue weighted by atomic mass is 10.0. The van der Waals surface area contributed by atoms with E-state index in [-0.39, 0.29) is 37.6 Å². The number of fused-ring (bicyclic) bond motifs is 1. The monoisotopic (exact) mass is 649 g/mol. The predicted molar refractivity (Wildman–Crippen MR) is 173 cm³/mol. The number of anilines is 2. The third-order valence-corrected chi connectivity index (χ3v) is 8.53. The molecule has 3 aromatic rings. The Morgan fingerprint density at radius 1 is 1.09 bits per heavy atom. The molecule has 0 radical (unpaired) electrons. The van der Waals surface area contributed by atoms with E-state index in [1.807, 2.05) is 28.6 Å². The van der Waals surface area contributed by atoms with Crippen molar-refractivity contribution in [1.29, 1.82) is 0 Å². The van der Waals surface area contributed by atoms with E-state index in [1.54, 1.807) is 32.2 Å². The van der Waals surface area contributed by atoms with Gasteiger partial charge in [0.05, 0.1) is 49.9 Å². The summed E-state index contributed by atoms with van der Waals surface area (Å²) >= 11 is 1.39. The Labute approximate surface area is 266 Å². The zero-order valence-corrected chi connectivity index (χ0v) is 26.4. The molecule has 246 valence electrons. The predicted octanol–water partition coefficient (Wildman–Crippen LogP) is 4.23. The zero-order chi connectivity index (χ0) is 32.4. The second-order valence-corrected chi connectivity index (χ2v) is 12.2. The lowest BCUT2D eigenvalue weighted by Gasteiger charge is -2.33. The van der Waals surface area contributed by atoms with Crippen LogP contribution in [-0.4, -0.2) is 107 Å². The Morgan fingerprint density at radius 3 is 2.47 bits per heavy atom. The minimum absolute atomic E-state index is 0.0346. The summed E-state index contributed by atoms with van der Waals surface area (Å²) in [7, 11) is 1.54. The maximum Gasteiger partial charge on any atom is 0.406 e. The van der Waals surface area contributed by atoms with Crippen molar-refractivity contribution in [3.05, 3.63) is 48.2 Å². The quantitative estimate of drug-likeness (QED) is 0.130. The van der Waals surface area contributed by atoms with Gasteiger partial charge in [0, 0.05) is 54.7 Å². The number of hydrogen-bond donors (Lipinski definition) is 5. The Balaban J connectivity index is 1.49. The summed E-state index contributed by atoms with van der Waals surface area (Å²) in [6.07, 6.45) is -3.06. The molecule has 0 saturated carbocycles. The molecular formula is C32H42F3N5O4S. The third kappa shape index (κ3) is 10.2. The summed E-state index contributed by atoms with van der Waals surface area (Å²) in [6, 6.07) is 12.8. The topological polar surface area (TPSA) is 105 Å². The highest BCUT2D eigenvalue weighted by atomic mass is 32.2. The van der Waals surface area contributed by atoms with Crippen LogP contribution in [0.4, 0.5) is 24.5 Å². The number of piperidine rings is 1. The zero-order valence-electron chi connectivity index (χ0n) is 25.6. The fraction of sp³-hybridized carbons (Fsp3) is 0.500. The molecule has 4 rings (SSSR count). The molecule has 0 spiro atoms. The number of nitrogens with zero attached hydrogens (tertiary/aromatic N) is 3. The highest BCUT2D eigenvalue weighted by Crippen LogP contribution is 2.33. The van der Waals surface area contributed by atoms with Crippen LogP contribution in [0.2, 0.25) is 0 Å². The number of hydrogen-bond acceptors (Lipinski definition) is 9. The van der Waals surface area contributed by atoms with Crippen molar-refractivity contribution in [2.75, 3.05) is 70.2 Å². The van der Waals surface area contributed by atoms with E-state index in [9.17, 15) is 28.5 Å². The van der Waals surface area contributed by atoms with Gasteiger partial charge in [0.1, 0.15) is 12.3 Å². The Bertz CT molecular complexity index is 1440. The van der Waals surface area contributed by atoms with Gasteiger partial charge in [-0.3, -0.25) is 0 Å². The van der Waals surface area contributed by atoms with Gasteiger partial charge >= 0.3 is 6.18 Å². The first-order valence-corrected chi connectivity index (χ1v) is 15.8. The normalized spacial score (nSPS) is 15.2. The van der Waals surface area contributed by atoms with Gasteiger partial charge in [0.15, 0.2) is 0 Å². The first-order valence-electron chi connectivity index (χ1n) is 15.0. The molecular weight excluding hydrogens is 607 g/mol. The van der Waals surface area contributed by atoms with Crippen LogP contribution in [0.1, 0.15) is 25.5 Å². The van der Waals surface area contributed by atoms with E-state index < -0.39 is 12.7 Å². The number of aliphatic hydroxyl groups is 3. The molecule has 13 heteroatoms. The number of alkyl halides is 3. The van der Waals surface area contributed by atoms with Crippen LogP contribution in [-0.2, 0) is 6.54 Å². The Kier molecular flexibility index (Phi) is 12.7. The van der Waals surface area contributed by atoms with Crippen molar-refractivity contribution in [2.45, 2.75) is 49.5 Å². The maximum atomic E-state index is 13.7. The van der Waals surface area contributed by atoms with E-state index in [0.717, 1.165) is 36.5 Å². The number of likely N-dealkylation sites (tertiary alicyclic amines) is 1. The first-order chi connectivity index (χ1) is 21.6. The number of aliphatic hydroxyl groups excluding tert-OH is 3. The van der Waals surface area contributed by atoms with Crippen molar-refractivity contribution in [3.8, 4) is 17.6 Å². The van der Waals surface area contributed by atoms with E-state index >= 15 is 0 Å². The van der Waals surface area contributed by atoms with Crippen molar-refractivity contribution >= 4 is 34.2 Å². The number of ether oxygens (including phenoxy) is 1. The summed E-state index contributed by atoms with van der Waals surface area (Å²) in [6.45, 7) is 3.85. The molecule has 1 fully saturated rings. The van der Waals surface area contributed by atoms with Gasteiger partial charge in [0.25, 0.3) is 0 Å². The number of methoxy groups -OCH3 is 1. The summed E-state index contributed by atoms with van der Waals surface area (Å²) < 4.78 is 49.6. The molecule has 9 nitrogen and oxygen atoms in total. The molecule has 5 N–H and O–H groups in total. The van der Waals surface area contributed by atoms with Gasteiger partial charge in [-0.25, -0.2) is 4.31 Å². The molecule has 2 heterocycles. The minimum atomic E-state index is -4.42. The van der Waals surface area contributed by atoms with Crippen molar-refractivity contribution in [2.24, 2.45) is 0 Å². The van der Waals surface area contributed by atoms with Gasteiger partial charge in [-0.2, -0.15) is 13.2 Å². The highest BCUT2D eigenvalue weighted by molar-refractivity contribution is 7.97. The van der Waals surface area contributed by atoms with Gasteiger partial charge in [-0.1, -0.05) is 12.0 Å². The number of nitrogens with one attached hydrogen (secondary N) is 2. The maximum absolute atomic E-state index is 13.7. The second kappa shape index (κ2) is 16.4. The summed E-state index contributed by atoms with van der Waals surface area (Å²) in [5, 5.41) is 35.6. The van der Waals surface area contributed by atoms with Crippen LogP contribution in [0.25, 0.3) is 10.9 Å². The standard InChI is InChI=1S/C32H42F3N5O4S/c1-23(43)21-38-13-10-24(11-14-38)37-28-6-3-7-30-27(28)19-25(40(30)22-32(33,34)35)5-4-12-36-29-9-8-26(20-31(29)44-2)45-39(15-17-41)16-18-42/h3,6-9,19-20,23-24,36-37,41-43H,10-18,21-22H2,1-2H3. The molecule has 1 atom stereocenters. The molecule has 1 aliphatic rings. The van der Waals surface area contributed by atoms with Crippen LogP contribution in [0.3, 0.4) is 0 Å². The lowest BCUT2D eigenvalue weighted by Crippen LogP contribution is -2.41. The smallest absolute Gasteiger partial charge is 0.406 e. The number of halogens is 3. The number of β-amino-alcohol motifs (C(OH)–C–C–N with tert-alkyl or cyclic N) is 1. The van der Waals surface area contributed by atoms with Gasteiger partial charge in [0.2, 0.25) is 0 Å². The van der Waals surface area contributed by atoms with Crippen LogP contribution >= 0.6 is 11.9 Å². The number of aromatic nitrogens is 1.